The largest absolute Gasteiger partial charge is 0.491 e. The minimum atomic E-state index is -0.210. The molecular weight excluding hydrogens is 456 g/mol. The third kappa shape index (κ3) is 5.71. The molecule has 0 bridgehead atoms. The van der Waals surface area contributed by atoms with E-state index >= 15 is 0 Å². The first-order chi connectivity index (χ1) is 13.9. The first-order valence-corrected chi connectivity index (χ1v) is 10.9. The second kappa shape index (κ2) is 10.2. The number of rotatable bonds is 7. The molecule has 1 atom stereocenters. The molecule has 0 radical (unpaired) electrons. The minimum absolute atomic E-state index is 0.0151. The van der Waals surface area contributed by atoms with Gasteiger partial charge in [0.2, 0.25) is 0 Å². The summed E-state index contributed by atoms with van der Waals surface area (Å²) in [6.45, 7) is 3.73. The lowest BCUT2D eigenvalue weighted by atomic mass is 10.1. The van der Waals surface area contributed by atoms with Gasteiger partial charge in [0, 0.05) is 35.3 Å². The zero-order valence-electron chi connectivity index (χ0n) is 15.9. The third-order valence-electron chi connectivity index (χ3n) is 4.65. The van der Waals surface area contributed by atoms with Gasteiger partial charge in [-0.25, -0.2) is 0 Å². The highest BCUT2D eigenvalue weighted by atomic mass is 35.5. The molecule has 2 aromatic rings. The average Bonchev–Trinajstić information content (AvgIpc) is 3.18. The summed E-state index contributed by atoms with van der Waals surface area (Å²) in [4.78, 5) is 15.0. The number of halogens is 4. The molecule has 1 heterocycles. The number of nitrogens with zero attached hydrogens (tertiary/aromatic N) is 1. The normalized spacial score (nSPS) is 16.1. The van der Waals surface area contributed by atoms with E-state index in [0.717, 1.165) is 18.4 Å². The lowest BCUT2D eigenvalue weighted by Gasteiger charge is -2.26. The first-order valence-electron chi connectivity index (χ1n) is 9.35. The van der Waals surface area contributed by atoms with Gasteiger partial charge in [-0.05, 0) is 49.6 Å². The van der Waals surface area contributed by atoms with E-state index < -0.39 is 0 Å². The number of amides is 1. The SMILES string of the molecule is CCOc1c(Cl)cc(C(=O)N(Cc2ccc(Cl)cc2Cl)C[C@H]2CCCO2)cc1Cl. The van der Waals surface area contributed by atoms with E-state index in [1.165, 1.54) is 0 Å². The van der Waals surface area contributed by atoms with Crippen LogP contribution in [0.3, 0.4) is 0 Å². The summed E-state index contributed by atoms with van der Waals surface area (Å²) in [6, 6.07) is 8.39. The molecule has 2 aromatic carbocycles. The molecule has 1 fully saturated rings. The number of carbonyl (C=O) groups is 1. The lowest BCUT2D eigenvalue weighted by molar-refractivity contribution is 0.0507. The van der Waals surface area contributed by atoms with Crippen molar-refractivity contribution < 1.29 is 14.3 Å². The van der Waals surface area contributed by atoms with Crippen molar-refractivity contribution in [1.29, 1.82) is 0 Å². The summed E-state index contributed by atoms with van der Waals surface area (Å²) in [5.74, 6) is 0.164. The Balaban J connectivity index is 1.89. The molecule has 0 N–H and O–H groups in total. The molecule has 0 aliphatic carbocycles. The van der Waals surface area contributed by atoms with E-state index in [1.807, 2.05) is 13.0 Å². The summed E-state index contributed by atoms with van der Waals surface area (Å²) < 4.78 is 11.2. The molecule has 1 amide bonds. The van der Waals surface area contributed by atoms with Gasteiger partial charge in [0.25, 0.3) is 5.91 Å². The van der Waals surface area contributed by atoms with Gasteiger partial charge < -0.3 is 14.4 Å². The Labute approximate surface area is 190 Å². The highest BCUT2D eigenvalue weighted by Crippen LogP contribution is 2.35. The van der Waals surface area contributed by atoms with Gasteiger partial charge in [0.05, 0.1) is 22.8 Å². The van der Waals surface area contributed by atoms with Crippen molar-refractivity contribution in [3.8, 4) is 5.75 Å². The Kier molecular flexibility index (Phi) is 7.94. The molecule has 8 heteroatoms. The molecule has 3 rings (SSSR count). The van der Waals surface area contributed by atoms with Crippen molar-refractivity contribution >= 4 is 52.3 Å². The van der Waals surface area contributed by atoms with Crippen LogP contribution < -0.4 is 4.74 Å². The number of carbonyl (C=O) groups excluding carboxylic acids is 1. The Morgan fingerprint density at radius 3 is 2.45 bits per heavy atom. The molecule has 1 saturated heterocycles. The van der Waals surface area contributed by atoms with Crippen LogP contribution in [-0.2, 0) is 11.3 Å². The van der Waals surface area contributed by atoms with Crippen molar-refractivity contribution in [3.05, 3.63) is 61.5 Å². The maximum absolute atomic E-state index is 13.3. The molecule has 1 aliphatic rings. The molecule has 0 unspecified atom stereocenters. The van der Waals surface area contributed by atoms with E-state index in [1.54, 1.807) is 29.2 Å². The van der Waals surface area contributed by atoms with Gasteiger partial charge in [0.15, 0.2) is 5.75 Å². The fraction of sp³-hybridized carbons (Fsp3) is 0.381. The highest BCUT2D eigenvalue weighted by Gasteiger charge is 2.25. The van der Waals surface area contributed by atoms with E-state index in [4.69, 9.17) is 55.9 Å². The van der Waals surface area contributed by atoms with Gasteiger partial charge >= 0.3 is 0 Å². The van der Waals surface area contributed by atoms with Gasteiger partial charge in [-0.2, -0.15) is 0 Å². The smallest absolute Gasteiger partial charge is 0.254 e. The topological polar surface area (TPSA) is 38.8 Å². The lowest BCUT2D eigenvalue weighted by Crippen LogP contribution is -2.37. The zero-order chi connectivity index (χ0) is 21.0. The van der Waals surface area contributed by atoms with Crippen molar-refractivity contribution in [2.24, 2.45) is 0 Å². The molecular formula is C21H21Cl4NO3. The number of benzene rings is 2. The molecule has 0 saturated carbocycles. The summed E-state index contributed by atoms with van der Waals surface area (Å²) in [7, 11) is 0. The summed E-state index contributed by atoms with van der Waals surface area (Å²) >= 11 is 24.9. The standard InChI is InChI=1S/C21H21Cl4NO3/c1-2-28-20-18(24)8-14(9-19(20)25)21(27)26(12-16-4-3-7-29-16)11-13-5-6-15(22)10-17(13)23/h5-6,8-10,16H,2-4,7,11-12H2,1H3/t16-/m1/s1. The summed E-state index contributed by atoms with van der Waals surface area (Å²) in [6.07, 6.45) is 1.87. The molecule has 29 heavy (non-hydrogen) atoms. The van der Waals surface area contributed by atoms with Gasteiger partial charge in [-0.3, -0.25) is 4.79 Å². The average molecular weight is 477 g/mol. The molecule has 0 aromatic heterocycles. The molecule has 4 nitrogen and oxygen atoms in total. The van der Waals surface area contributed by atoms with Gasteiger partial charge in [0.1, 0.15) is 0 Å². The third-order valence-corrected chi connectivity index (χ3v) is 5.79. The van der Waals surface area contributed by atoms with E-state index in [0.29, 0.717) is 57.7 Å². The van der Waals surface area contributed by atoms with Crippen LogP contribution >= 0.6 is 46.4 Å². The van der Waals surface area contributed by atoms with Crippen LogP contribution in [-0.4, -0.2) is 36.7 Å². The molecule has 0 spiro atoms. The van der Waals surface area contributed by atoms with Gasteiger partial charge in [-0.15, -0.1) is 0 Å². The summed E-state index contributed by atoms with van der Waals surface area (Å²) in [5, 5.41) is 1.64. The Bertz CT molecular complexity index is 861. The Hall–Kier alpha value is -1.17. The quantitative estimate of drug-likeness (QED) is 0.456. The minimum Gasteiger partial charge on any atom is -0.491 e. The number of hydrogen-bond donors (Lipinski definition) is 0. The fourth-order valence-electron chi connectivity index (χ4n) is 3.26. The Morgan fingerprint density at radius 2 is 1.86 bits per heavy atom. The van der Waals surface area contributed by atoms with Crippen LogP contribution in [0.5, 0.6) is 5.75 Å². The fourth-order valence-corrected chi connectivity index (χ4v) is 4.32. The summed E-state index contributed by atoms with van der Waals surface area (Å²) in [5.41, 5.74) is 1.18. The van der Waals surface area contributed by atoms with Crippen LogP contribution in [0, 0.1) is 0 Å². The van der Waals surface area contributed by atoms with Crippen molar-refractivity contribution in [2.75, 3.05) is 19.8 Å². The van der Waals surface area contributed by atoms with Gasteiger partial charge in [-0.1, -0.05) is 52.5 Å². The second-order valence-corrected chi connectivity index (χ2v) is 8.42. The number of ether oxygens (including phenoxy) is 2. The van der Waals surface area contributed by atoms with E-state index in [-0.39, 0.29) is 12.0 Å². The van der Waals surface area contributed by atoms with Crippen molar-refractivity contribution in [2.45, 2.75) is 32.4 Å². The highest BCUT2D eigenvalue weighted by molar-refractivity contribution is 6.37. The maximum Gasteiger partial charge on any atom is 0.254 e. The van der Waals surface area contributed by atoms with Crippen molar-refractivity contribution in [3.63, 3.8) is 0 Å². The van der Waals surface area contributed by atoms with Crippen LogP contribution in [0.1, 0.15) is 35.7 Å². The first kappa shape index (κ1) is 22.5. The number of hydrogen-bond acceptors (Lipinski definition) is 3. The van der Waals surface area contributed by atoms with Crippen LogP contribution in [0.2, 0.25) is 20.1 Å². The van der Waals surface area contributed by atoms with E-state index in [9.17, 15) is 4.79 Å². The maximum atomic E-state index is 13.3. The molecule has 1 aliphatic heterocycles. The van der Waals surface area contributed by atoms with Crippen LogP contribution in [0.4, 0.5) is 0 Å². The monoisotopic (exact) mass is 475 g/mol. The van der Waals surface area contributed by atoms with Crippen LogP contribution in [0.25, 0.3) is 0 Å². The Morgan fingerprint density at radius 1 is 1.14 bits per heavy atom. The predicted octanol–water partition coefficient (Wildman–Crippen LogP) is 6.52. The predicted molar refractivity (Wildman–Crippen MR) is 118 cm³/mol. The second-order valence-electron chi connectivity index (χ2n) is 6.76. The zero-order valence-corrected chi connectivity index (χ0v) is 18.9. The van der Waals surface area contributed by atoms with E-state index in [2.05, 4.69) is 0 Å². The molecule has 156 valence electrons. The van der Waals surface area contributed by atoms with Crippen molar-refractivity contribution in [1.82, 2.24) is 4.90 Å². The van der Waals surface area contributed by atoms with Crippen LogP contribution in [0.15, 0.2) is 30.3 Å².